The van der Waals surface area contributed by atoms with Gasteiger partial charge in [-0.15, -0.1) is 11.3 Å². The van der Waals surface area contributed by atoms with E-state index in [9.17, 15) is 0 Å². The minimum Gasteiger partial charge on any atom is -0.369 e. The Morgan fingerprint density at radius 1 is 1.33 bits per heavy atom. The topological polar surface area (TPSA) is 75.9 Å². The highest BCUT2D eigenvalue weighted by atomic mass is 32.1. The monoisotopic (exact) mass is 305 g/mol. The van der Waals surface area contributed by atoms with Gasteiger partial charge in [0.05, 0.1) is 5.39 Å². The maximum atomic E-state index is 5.50. The van der Waals surface area contributed by atoms with Crippen molar-refractivity contribution in [2.24, 2.45) is 11.3 Å². The molecular weight excluding hydrogens is 282 g/mol. The number of nitrogens with one attached hydrogen (secondary N) is 2. The van der Waals surface area contributed by atoms with E-state index in [-0.39, 0.29) is 0 Å². The molecule has 0 aromatic carbocycles. The van der Waals surface area contributed by atoms with Gasteiger partial charge in [-0.3, -0.25) is 5.43 Å². The van der Waals surface area contributed by atoms with Gasteiger partial charge in [-0.25, -0.2) is 10.8 Å². The zero-order chi connectivity index (χ0) is 14.9. The second kappa shape index (κ2) is 5.77. The fraction of sp³-hybridized carbons (Fsp3) is 0.600. The molecule has 1 saturated carbocycles. The predicted molar refractivity (Wildman–Crippen MR) is 89.7 cm³/mol. The van der Waals surface area contributed by atoms with Crippen LogP contribution in [0.15, 0.2) is 6.07 Å². The van der Waals surface area contributed by atoms with Crippen LogP contribution < -0.4 is 16.6 Å². The van der Waals surface area contributed by atoms with Crippen molar-refractivity contribution in [2.45, 2.75) is 46.0 Å². The van der Waals surface area contributed by atoms with Crippen molar-refractivity contribution in [1.29, 1.82) is 0 Å². The SMILES string of the molecule is CCc1cc2c(NCC3(C)CCCC3)nc(NN)nc2s1. The van der Waals surface area contributed by atoms with Crippen molar-refractivity contribution in [1.82, 2.24) is 9.97 Å². The number of nitrogens with two attached hydrogens (primary N) is 1. The molecule has 2 heterocycles. The van der Waals surface area contributed by atoms with Crippen LogP contribution in [0.3, 0.4) is 0 Å². The summed E-state index contributed by atoms with van der Waals surface area (Å²) >= 11 is 1.71. The first kappa shape index (κ1) is 14.5. The van der Waals surface area contributed by atoms with Crippen LogP contribution in [0.5, 0.6) is 0 Å². The summed E-state index contributed by atoms with van der Waals surface area (Å²) in [6.07, 6.45) is 6.28. The van der Waals surface area contributed by atoms with Gasteiger partial charge in [-0.2, -0.15) is 4.98 Å². The first-order valence-electron chi connectivity index (χ1n) is 7.64. The predicted octanol–water partition coefficient (Wildman–Crippen LogP) is 3.53. The van der Waals surface area contributed by atoms with E-state index in [1.165, 1.54) is 30.6 Å². The third-order valence-corrected chi connectivity index (χ3v) is 5.59. The van der Waals surface area contributed by atoms with Crippen LogP contribution in [-0.2, 0) is 6.42 Å². The summed E-state index contributed by atoms with van der Waals surface area (Å²) in [5.41, 5.74) is 2.95. The van der Waals surface area contributed by atoms with Crippen LogP contribution in [0.1, 0.15) is 44.4 Å². The third kappa shape index (κ3) is 2.96. The lowest BCUT2D eigenvalue weighted by molar-refractivity contribution is 0.362. The Hall–Kier alpha value is -1.40. The van der Waals surface area contributed by atoms with Crippen LogP contribution in [0.2, 0.25) is 0 Å². The number of anilines is 2. The lowest BCUT2D eigenvalue weighted by Crippen LogP contribution is -2.23. The van der Waals surface area contributed by atoms with E-state index in [2.05, 4.69) is 40.6 Å². The molecule has 2 aromatic heterocycles. The molecule has 1 fully saturated rings. The van der Waals surface area contributed by atoms with E-state index in [1.54, 1.807) is 11.3 Å². The van der Waals surface area contributed by atoms with Gasteiger partial charge < -0.3 is 5.32 Å². The zero-order valence-electron chi connectivity index (χ0n) is 12.7. The van der Waals surface area contributed by atoms with Gasteiger partial charge >= 0.3 is 0 Å². The fourth-order valence-corrected chi connectivity index (χ4v) is 4.01. The molecule has 5 nitrogen and oxygen atoms in total. The van der Waals surface area contributed by atoms with Crippen LogP contribution in [0, 0.1) is 5.41 Å². The summed E-state index contributed by atoms with van der Waals surface area (Å²) in [5, 5.41) is 4.65. The second-order valence-electron chi connectivity index (χ2n) is 6.20. The lowest BCUT2D eigenvalue weighted by atomic mass is 9.89. The fourth-order valence-electron chi connectivity index (χ4n) is 3.05. The number of hydrogen-bond donors (Lipinski definition) is 3. The molecule has 0 spiro atoms. The number of thiophene rings is 1. The molecule has 2 aromatic rings. The standard InChI is InChI=1S/C15H23N5S/c1-3-10-8-11-12(17-9-15(2)6-4-5-7-15)18-14(20-16)19-13(11)21-10/h8H,3-7,9,16H2,1-2H3,(H2,17,18,19,20). The normalized spacial score (nSPS) is 17.3. The Bertz CT molecular complexity index is 630. The van der Waals surface area contributed by atoms with Gasteiger partial charge in [-0.05, 0) is 30.7 Å². The molecule has 0 unspecified atom stereocenters. The third-order valence-electron chi connectivity index (χ3n) is 4.41. The average Bonchev–Trinajstić information content (AvgIpc) is 3.10. The highest BCUT2D eigenvalue weighted by molar-refractivity contribution is 7.18. The van der Waals surface area contributed by atoms with E-state index in [4.69, 9.17) is 5.84 Å². The van der Waals surface area contributed by atoms with Crippen LogP contribution >= 0.6 is 11.3 Å². The van der Waals surface area contributed by atoms with Crippen molar-refractivity contribution in [3.05, 3.63) is 10.9 Å². The molecule has 0 radical (unpaired) electrons. The molecule has 0 aliphatic heterocycles. The Labute approximate surface area is 129 Å². The molecule has 1 aliphatic carbocycles. The molecule has 0 atom stereocenters. The molecular formula is C15H23N5S. The highest BCUT2D eigenvalue weighted by Gasteiger charge is 2.28. The van der Waals surface area contributed by atoms with Gasteiger partial charge in [0.25, 0.3) is 0 Å². The van der Waals surface area contributed by atoms with Crippen molar-refractivity contribution in [3.63, 3.8) is 0 Å². The number of hydrazine groups is 1. The minimum absolute atomic E-state index is 0.386. The van der Waals surface area contributed by atoms with Crippen molar-refractivity contribution in [2.75, 3.05) is 17.3 Å². The van der Waals surface area contributed by atoms with Crippen molar-refractivity contribution < 1.29 is 0 Å². The summed E-state index contributed by atoms with van der Waals surface area (Å²) in [6.45, 7) is 5.48. The van der Waals surface area contributed by atoms with Gasteiger partial charge in [0.15, 0.2) is 0 Å². The summed E-state index contributed by atoms with van der Waals surface area (Å²) in [6, 6.07) is 2.19. The minimum atomic E-state index is 0.386. The van der Waals surface area contributed by atoms with Gasteiger partial charge in [0.1, 0.15) is 10.6 Å². The molecule has 3 rings (SSSR count). The Morgan fingerprint density at radius 2 is 2.10 bits per heavy atom. The number of hydrogen-bond acceptors (Lipinski definition) is 6. The number of aryl methyl sites for hydroxylation is 1. The van der Waals surface area contributed by atoms with E-state index in [0.29, 0.717) is 11.4 Å². The maximum absolute atomic E-state index is 5.50. The van der Waals surface area contributed by atoms with E-state index >= 15 is 0 Å². The highest BCUT2D eigenvalue weighted by Crippen LogP contribution is 2.38. The van der Waals surface area contributed by atoms with E-state index in [1.807, 2.05) is 0 Å². The van der Waals surface area contributed by atoms with Crippen LogP contribution in [-0.4, -0.2) is 16.5 Å². The summed E-state index contributed by atoms with van der Waals surface area (Å²) in [7, 11) is 0. The molecule has 6 heteroatoms. The molecule has 114 valence electrons. The largest absolute Gasteiger partial charge is 0.369 e. The average molecular weight is 305 g/mol. The number of fused-ring (bicyclic) bond motifs is 1. The first-order chi connectivity index (χ1) is 10.1. The van der Waals surface area contributed by atoms with E-state index < -0.39 is 0 Å². The summed E-state index contributed by atoms with van der Waals surface area (Å²) in [5.74, 6) is 6.87. The smallest absolute Gasteiger partial charge is 0.240 e. The van der Waals surface area contributed by atoms with Gasteiger partial charge in [-0.1, -0.05) is 26.7 Å². The Balaban J connectivity index is 1.90. The summed E-state index contributed by atoms with van der Waals surface area (Å²) < 4.78 is 0. The van der Waals surface area contributed by atoms with Crippen molar-refractivity contribution >= 4 is 33.3 Å². The molecule has 1 aliphatic rings. The van der Waals surface area contributed by atoms with Crippen LogP contribution in [0.25, 0.3) is 10.2 Å². The number of nitrogens with zero attached hydrogens (tertiary/aromatic N) is 2. The Morgan fingerprint density at radius 3 is 2.76 bits per heavy atom. The van der Waals surface area contributed by atoms with Gasteiger partial charge in [0, 0.05) is 11.4 Å². The summed E-state index contributed by atoms with van der Waals surface area (Å²) in [4.78, 5) is 11.3. The molecule has 0 bridgehead atoms. The number of rotatable bonds is 5. The zero-order valence-corrected chi connectivity index (χ0v) is 13.5. The molecule has 0 saturated heterocycles. The quantitative estimate of drug-likeness (QED) is 0.582. The second-order valence-corrected chi connectivity index (χ2v) is 7.31. The first-order valence-corrected chi connectivity index (χ1v) is 8.46. The number of aromatic nitrogens is 2. The lowest BCUT2D eigenvalue weighted by Gasteiger charge is -2.24. The van der Waals surface area contributed by atoms with Crippen LogP contribution in [0.4, 0.5) is 11.8 Å². The van der Waals surface area contributed by atoms with Gasteiger partial charge in [0.2, 0.25) is 5.95 Å². The van der Waals surface area contributed by atoms with E-state index in [0.717, 1.165) is 29.0 Å². The van der Waals surface area contributed by atoms with Crippen molar-refractivity contribution in [3.8, 4) is 0 Å². The molecule has 0 amide bonds. The molecule has 4 N–H and O–H groups in total. The molecule has 21 heavy (non-hydrogen) atoms. The number of nitrogen functional groups attached to an aromatic ring is 1. The Kier molecular flexibility index (Phi) is 3.99. The maximum Gasteiger partial charge on any atom is 0.240 e.